The van der Waals surface area contributed by atoms with Gasteiger partial charge in [-0.05, 0) is 27.0 Å². The Balaban J connectivity index is 2.97. The van der Waals surface area contributed by atoms with Crippen LogP contribution >= 0.6 is 0 Å². The van der Waals surface area contributed by atoms with Crippen LogP contribution in [0.4, 0.5) is 16.4 Å². The molecule has 0 aliphatic carbocycles. The fraction of sp³-hybridized carbons (Fsp3) is 0.417. The van der Waals surface area contributed by atoms with E-state index < -0.39 is 0 Å². The molecule has 0 radical (unpaired) electrons. The summed E-state index contributed by atoms with van der Waals surface area (Å²) < 4.78 is 0. The molecule has 6 heteroatoms. The largest absolute Gasteiger partial charge is 0.338 e. The molecule has 0 bridgehead atoms. The lowest BCUT2D eigenvalue weighted by atomic mass is 10.3. The zero-order chi connectivity index (χ0) is 13.5. The first kappa shape index (κ1) is 14.0. The van der Waals surface area contributed by atoms with Crippen molar-refractivity contribution in [3.8, 4) is 0 Å². The highest BCUT2D eigenvalue weighted by Crippen LogP contribution is 2.21. The van der Waals surface area contributed by atoms with Gasteiger partial charge in [-0.15, -0.1) is 0 Å². The fourth-order valence-electron chi connectivity index (χ4n) is 1.53. The standard InChI is InChI=1S/C12H19N5O/c1-5-13-12(18)16-10-9(4)11(15-8-14-10)17(6-2)7-3/h6,8H,2,5,7H2,1,3-4H3,(H2,13,14,15,16,18). The summed E-state index contributed by atoms with van der Waals surface area (Å²) >= 11 is 0. The van der Waals surface area contributed by atoms with Crippen molar-refractivity contribution in [1.29, 1.82) is 0 Å². The zero-order valence-corrected chi connectivity index (χ0v) is 11.0. The van der Waals surface area contributed by atoms with Crippen molar-refractivity contribution in [3.63, 3.8) is 0 Å². The second-order valence-electron chi connectivity index (χ2n) is 3.62. The van der Waals surface area contributed by atoms with Gasteiger partial charge >= 0.3 is 6.03 Å². The van der Waals surface area contributed by atoms with E-state index in [1.807, 2.05) is 25.7 Å². The molecule has 0 saturated heterocycles. The Hall–Kier alpha value is -2.11. The van der Waals surface area contributed by atoms with E-state index in [0.29, 0.717) is 12.4 Å². The van der Waals surface area contributed by atoms with E-state index >= 15 is 0 Å². The third-order valence-electron chi connectivity index (χ3n) is 2.46. The molecule has 2 N–H and O–H groups in total. The van der Waals surface area contributed by atoms with Crippen molar-refractivity contribution in [2.75, 3.05) is 23.3 Å². The van der Waals surface area contributed by atoms with E-state index in [1.54, 1.807) is 6.20 Å². The summed E-state index contributed by atoms with van der Waals surface area (Å²) in [7, 11) is 0. The topological polar surface area (TPSA) is 70.2 Å². The molecule has 98 valence electrons. The molecule has 1 rings (SSSR count). The number of nitrogens with zero attached hydrogens (tertiary/aromatic N) is 3. The second-order valence-corrected chi connectivity index (χ2v) is 3.62. The minimum absolute atomic E-state index is 0.271. The molecule has 0 aliphatic rings. The molecule has 1 heterocycles. The maximum Gasteiger partial charge on any atom is 0.320 e. The lowest BCUT2D eigenvalue weighted by molar-refractivity contribution is 0.252. The first-order chi connectivity index (χ1) is 8.63. The summed E-state index contributed by atoms with van der Waals surface area (Å²) in [5.41, 5.74) is 0.811. The van der Waals surface area contributed by atoms with Crippen LogP contribution in [0.5, 0.6) is 0 Å². The number of anilines is 2. The van der Waals surface area contributed by atoms with Gasteiger partial charge in [0.25, 0.3) is 0 Å². The maximum absolute atomic E-state index is 11.5. The third-order valence-corrected chi connectivity index (χ3v) is 2.46. The van der Waals surface area contributed by atoms with Crippen molar-refractivity contribution >= 4 is 17.7 Å². The molecule has 2 amide bonds. The minimum atomic E-state index is -0.271. The van der Waals surface area contributed by atoms with Crippen LogP contribution in [0.25, 0.3) is 0 Å². The van der Waals surface area contributed by atoms with Crippen molar-refractivity contribution < 1.29 is 4.79 Å². The predicted molar refractivity (Wildman–Crippen MR) is 72.7 cm³/mol. The SMILES string of the molecule is C=CN(CC)c1ncnc(NC(=O)NCC)c1C. The van der Waals surface area contributed by atoms with Crippen LogP contribution in [-0.4, -0.2) is 29.1 Å². The van der Waals surface area contributed by atoms with E-state index in [9.17, 15) is 4.79 Å². The van der Waals surface area contributed by atoms with Crippen LogP contribution in [0.2, 0.25) is 0 Å². The summed E-state index contributed by atoms with van der Waals surface area (Å²) in [5, 5.41) is 5.35. The molecular weight excluding hydrogens is 230 g/mol. The zero-order valence-electron chi connectivity index (χ0n) is 11.0. The molecule has 6 nitrogen and oxygen atoms in total. The summed E-state index contributed by atoms with van der Waals surface area (Å²) in [6.07, 6.45) is 3.13. The molecule has 0 saturated carbocycles. The summed E-state index contributed by atoms with van der Waals surface area (Å²) in [6, 6.07) is -0.271. The van der Waals surface area contributed by atoms with Crippen LogP contribution < -0.4 is 15.5 Å². The van der Waals surface area contributed by atoms with Gasteiger partial charge in [-0.3, -0.25) is 5.32 Å². The lowest BCUT2D eigenvalue weighted by Crippen LogP contribution is -2.29. The number of hydrogen-bond acceptors (Lipinski definition) is 4. The highest BCUT2D eigenvalue weighted by Gasteiger charge is 2.12. The van der Waals surface area contributed by atoms with Crippen molar-refractivity contribution in [1.82, 2.24) is 15.3 Å². The van der Waals surface area contributed by atoms with Crippen molar-refractivity contribution in [2.24, 2.45) is 0 Å². The number of aromatic nitrogens is 2. The van der Waals surface area contributed by atoms with Gasteiger partial charge in [-0.1, -0.05) is 6.58 Å². The smallest absolute Gasteiger partial charge is 0.320 e. The number of urea groups is 1. The Labute approximate surface area is 107 Å². The molecule has 0 spiro atoms. The number of amides is 2. The van der Waals surface area contributed by atoms with Crippen LogP contribution in [0, 0.1) is 6.92 Å². The molecule has 1 aromatic rings. The lowest BCUT2D eigenvalue weighted by Gasteiger charge is -2.19. The number of carbonyl (C=O) groups is 1. The van der Waals surface area contributed by atoms with Gasteiger partial charge in [0.1, 0.15) is 18.0 Å². The quantitative estimate of drug-likeness (QED) is 0.836. The molecule has 18 heavy (non-hydrogen) atoms. The normalized spacial score (nSPS) is 9.72. The van der Waals surface area contributed by atoms with Crippen LogP contribution in [-0.2, 0) is 0 Å². The Morgan fingerprint density at radius 2 is 2.22 bits per heavy atom. The van der Waals surface area contributed by atoms with Gasteiger partial charge in [0, 0.05) is 18.7 Å². The molecule has 0 unspecified atom stereocenters. The number of hydrogen-bond donors (Lipinski definition) is 2. The monoisotopic (exact) mass is 249 g/mol. The van der Waals surface area contributed by atoms with Gasteiger partial charge in [0.05, 0.1) is 0 Å². The molecule has 0 aliphatic heterocycles. The summed E-state index contributed by atoms with van der Waals surface area (Å²) in [6.45, 7) is 10.8. The van der Waals surface area contributed by atoms with Gasteiger partial charge < -0.3 is 10.2 Å². The average molecular weight is 249 g/mol. The van der Waals surface area contributed by atoms with Gasteiger partial charge in [0.2, 0.25) is 0 Å². The molecular formula is C12H19N5O. The summed E-state index contributed by atoms with van der Waals surface area (Å²) in [4.78, 5) is 21.6. The van der Waals surface area contributed by atoms with Gasteiger partial charge in [0.15, 0.2) is 0 Å². The van der Waals surface area contributed by atoms with E-state index in [-0.39, 0.29) is 6.03 Å². The Morgan fingerprint density at radius 1 is 1.50 bits per heavy atom. The van der Waals surface area contributed by atoms with Crippen molar-refractivity contribution in [2.45, 2.75) is 20.8 Å². The second kappa shape index (κ2) is 6.58. The first-order valence-corrected chi connectivity index (χ1v) is 5.89. The predicted octanol–water partition coefficient (Wildman–Crippen LogP) is 1.90. The van der Waals surface area contributed by atoms with Crippen LogP contribution in [0.15, 0.2) is 19.1 Å². The Morgan fingerprint density at radius 3 is 2.78 bits per heavy atom. The maximum atomic E-state index is 11.5. The third kappa shape index (κ3) is 3.19. The molecule has 0 atom stereocenters. The highest BCUT2D eigenvalue weighted by atomic mass is 16.2. The van der Waals surface area contributed by atoms with Crippen LogP contribution in [0.3, 0.4) is 0 Å². The summed E-state index contributed by atoms with van der Waals surface area (Å²) in [5.74, 6) is 1.25. The molecule has 1 aromatic heterocycles. The minimum Gasteiger partial charge on any atom is -0.338 e. The Kier molecular flexibility index (Phi) is 5.10. The average Bonchev–Trinajstić information content (AvgIpc) is 2.35. The van der Waals surface area contributed by atoms with E-state index in [1.165, 1.54) is 6.33 Å². The number of carbonyl (C=O) groups excluding carboxylic acids is 1. The molecule has 0 aromatic carbocycles. The van der Waals surface area contributed by atoms with Crippen LogP contribution in [0.1, 0.15) is 19.4 Å². The van der Waals surface area contributed by atoms with Gasteiger partial charge in [-0.2, -0.15) is 0 Å². The Bertz CT molecular complexity index is 432. The number of rotatable bonds is 5. The molecule has 0 fully saturated rings. The van der Waals surface area contributed by atoms with E-state index in [2.05, 4.69) is 27.2 Å². The van der Waals surface area contributed by atoms with E-state index in [4.69, 9.17) is 0 Å². The first-order valence-electron chi connectivity index (χ1n) is 5.89. The number of nitrogens with one attached hydrogen (secondary N) is 2. The van der Waals surface area contributed by atoms with Gasteiger partial charge in [-0.25, -0.2) is 14.8 Å². The van der Waals surface area contributed by atoms with Crippen molar-refractivity contribution in [3.05, 3.63) is 24.7 Å². The fourth-order valence-corrected chi connectivity index (χ4v) is 1.53. The highest BCUT2D eigenvalue weighted by molar-refractivity contribution is 5.89. The van der Waals surface area contributed by atoms with E-state index in [0.717, 1.165) is 17.9 Å².